The molecule has 0 aliphatic rings. The lowest BCUT2D eigenvalue weighted by Crippen LogP contribution is -2.04. The Balaban J connectivity index is 2.34. The Hall–Kier alpha value is -1.84. The van der Waals surface area contributed by atoms with E-state index in [4.69, 9.17) is 5.73 Å². The Morgan fingerprint density at radius 1 is 1.19 bits per heavy atom. The lowest BCUT2D eigenvalue weighted by Gasteiger charge is -2.10. The lowest BCUT2D eigenvalue weighted by atomic mass is 10.00. The van der Waals surface area contributed by atoms with Crippen molar-refractivity contribution in [2.24, 2.45) is 0 Å². The van der Waals surface area contributed by atoms with Gasteiger partial charge in [-0.1, -0.05) is 22.9 Å². The number of hydrogen-bond acceptors (Lipinski definition) is 3. The van der Waals surface area contributed by atoms with Crippen LogP contribution in [0, 0.1) is 20.8 Å². The number of nitrogen functional groups attached to an aromatic ring is 1. The Morgan fingerprint density at radius 2 is 1.81 bits per heavy atom. The summed E-state index contributed by atoms with van der Waals surface area (Å²) in [6.45, 7) is 7.07. The van der Waals surface area contributed by atoms with Gasteiger partial charge in [-0.15, -0.1) is 5.10 Å². The normalized spacial score (nSPS) is 10.7. The van der Waals surface area contributed by atoms with Gasteiger partial charge in [0.15, 0.2) is 5.82 Å². The largest absolute Gasteiger partial charge is 0.381 e. The van der Waals surface area contributed by atoms with Crippen LogP contribution >= 0.6 is 0 Å². The van der Waals surface area contributed by atoms with Gasteiger partial charge in [-0.25, -0.2) is 4.68 Å². The molecule has 0 fully saturated rings. The summed E-state index contributed by atoms with van der Waals surface area (Å²) in [7, 11) is 0. The molecule has 0 aliphatic heterocycles. The fourth-order valence-electron chi connectivity index (χ4n) is 2.01. The van der Waals surface area contributed by atoms with E-state index < -0.39 is 0 Å². The van der Waals surface area contributed by atoms with Crippen molar-refractivity contribution >= 4 is 5.82 Å². The fraction of sp³-hybridized carbons (Fsp3) is 0.333. The van der Waals surface area contributed by atoms with E-state index in [2.05, 4.69) is 43.2 Å². The van der Waals surface area contributed by atoms with Crippen LogP contribution in [0.2, 0.25) is 0 Å². The van der Waals surface area contributed by atoms with Crippen molar-refractivity contribution in [3.63, 3.8) is 0 Å². The highest BCUT2D eigenvalue weighted by Crippen LogP contribution is 2.17. The molecule has 0 saturated heterocycles. The number of aryl methyl sites for hydroxylation is 3. The first-order valence-electron chi connectivity index (χ1n) is 5.28. The van der Waals surface area contributed by atoms with Crippen molar-refractivity contribution < 1.29 is 0 Å². The molecule has 1 aromatic carbocycles. The zero-order valence-corrected chi connectivity index (χ0v) is 9.86. The summed E-state index contributed by atoms with van der Waals surface area (Å²) in [5.74, 6) is 0.461. The molecule has 1 aromatic heterocycles. The monoisotopic (exact) mass is 216 g/mol. The van der Waals surface area contributed by atoms with Crippen LogP contribution in [0.1, 0.15) is 22.3 Å². The van der Waals surface area contributed by atoms with Crippen LogP contribution in [0.15, 0.2) is 18.3 Å². The van der Waals surface area contributed by atoms with Gasteiger partial charge in [-0.2, -0.15) is 0 Å². The van der Waals surface area contributed by atoms with Crippen molar-refractivity contribution in [1.29, 1.82) is 0 Å². The van der Waals surface area contributed by atoms with Gasteiger partial charge in [-0.3, -0.25) is 0 Å². The minimum absolute atomic E-state index is 0.461. The van der Waals surface area contributed by atoms with Crippen LogP contribution < -0.4 is 5.73 Å². The molecule has 2 aromatic rings. The molecule has 0 spiro atoms. The number of benzene rings is 1. The predicted octanol–water partition coefficient (Wildman–Crippen LogP) is 1.83. The molecule has 0 saturated carbocycles. The average molecular weight is 216 g/mol. The van der Waals surface area contributed by atoms with Crippen molar-refractivity contribution in [2.45, 2.75) is 27.3 Å². The summed E-state index contributed by atoms with van der Waals surface area (Å²) < 4.78 is 1.76. The molecular formula is C12H16N4. The van der Waals surface area contributed by atoms with Gasteiger partial charge in [0.25, 0.3) is 0 Å². The SMILES string of the molecule is Cc1cc(C)c(Cn2cc(N)nn2)c(C)c1. The second kappa shape index (κ2) is 3.96. The van der Waals surface area contributed by atoms with Crippen LogP contribution in [0.25, 0.3) is 0 Å². The number of nitrogens with two attached hydrogens (primary N) is 1. The summed E-state index contributed by atoms with van der Waals surface area (Å²) in [5, 5.41) is 7.74. The maximum atomic E-state index is 5.54. The first kappa shape index (κ1) is 10.7. The third kappa shape index (κ3) is 2.05. The van der Waals surface area contributed by atoms with Crippen LogP contribution in [0.3, 0.4) is 0 Å². The molecule has 84 valence electrons. The Kier molecular flexibility index (Phi) is 2.64. The van der Waals surface area contributed by atoms with Gasteiger partial charge in [0.2, 0.25) is 0 Å². The van der Waals surface area contributed by atoms with Gasteiger partial charge < -0.3 is 5.73 Å². The summed E-state index contributed by atoms with van der Waals surface area (Å²) >= 11 is 0. The zero-order valence-electron chi connectivity index (χ0n) is 9.86. The summed E-state index contributed by atoms with van der Waals surface area (Å²) in [4.78, 5) is 0. The third-order valence-electron chi connectivity index (χ3n) is 2.72. The van der Waals surface area contributed by atoms with E-state index in [0.29, 0.717) is 5.82 Å². The molecule has 1 heterocycles. The average Bonchev–Trinajstić information content (AvgIpc) is 2.58. The quantitative estimate of drug-likeness (QED) is 0.833. The minimum Gasteiger partial charge on any atom is -0.381 e. The second-order valence-electron chi connectivity index (χ2n) is 4.22. The number of aromatic nitrogens is 3. The molecule has 0 unspecified atom stereocenters. The summed E-state index contributed by atoms with van der Waals surface area (Å²) in [6.07, 6.45) is 1.75. The minimum atomic E-state index is 0.461. The van der Waals surface area contributed by atoms with Crippen molar-refractivity contribution in [3.05, 3.63) is 40.6 Å². The number of anilines is 1. The third-order valence-corrected chi connectivity index (χ3v) is 2.72. The van der Waals surface area contributed by atoms with Crippen LogP contribution in [-0.4, -0.2) is 15.0 Å². The molecule has 2 rings (SSSR count). The smallest absolute Gasteiger partial charge is 0.165 e. The van der Waals surface area contributed by atoms with Gasteiger partial charge in [-0.05, 0) is 37.5 Å². The zero-order chi connectivity index (χ0) is 11.7. The maximum absolute atomic E-state index is 5.54. The van der Waals surface area contributed by atoms with Crippen molar-refractivity contribution in [1.82, 2.24) is 15.0 Å². The molecule has 0 atom stereocenters. The number of hydrogen-bond donors (Lipinski definition) is 1. The maximum Gasteiger partial charge on any atom is 0.165 e. The van der Waals surface area contributed by atoms with Gasteiger partial charge in [0.1, 0.15) is 0 Å². The molecule has 0 bridgehead atoms. The first-order chi connectivity index (χ1) is 7.56. The van der Waals surface area contributed by atoms with Crippen molar-refractivity contribution in [2.75, 3.05) is 5.73 Å². The molecule has 0 aliphatic carbocycles. The molecule has 2 N–H and O–H groups in total. The van der Waals surface area contributed by atoms with E-state index >= 15 is 0 Å². The molecular weight excluding hydrogens is 200 g/mol. The second-order valence-corrected chi connectivity index (χ2v) is 4.22. The van der Waals surface area contributed by atoms with Crippen LogP contribution in [-0.2, 0) is 6.54 Å². The van der Waals surface area contributed by atoms with E-state index in [1.807, 2.05) is 0 Å². The standard InChI is InChI=1S/C12H16N4/c1-8-4-9(2)11(10(3)5-8)6-16-7-12(13)14-15-16/h4-5,7H,6,13H2,1-3H3. The van der Waals surface area contributed by atoms with E-state index in [0.717, 1.165) is 6.54 Å². The molecule has 4 heteroatoms. The number of nitrogens with zero attached hydrogens (tertiary/aromatic N) is 3. The molecule has 0 radical (unpaired) electrons. The van der Waals surface area contributed by atoms with E-state index in [1.165, 1.54) is 22.3 Å². The lowest BCUT2D eigenvalue weighted by molar-refractivity contribution is 0.645. The summed E-state index contributed by atoms with van der Waals surface area (Å²) in [6, 6.07) is 4.37. The predicted molar refractivity (Wildman–Crippen MR) is 64.2 cm³/mol. The topological polar surface area (TPSA) is 56.7 Å². The highest BCUT2D eigenvalue weighted by molar-refractivity contribution is 5.37. The summed E-state index contributed by atoms with van der Waals surface area (Å²) in [5.41, 5.74) is 10.7. The van der Waals surface area contributed by atoms with Crippen LogP contribution in [0.5, 0.6) is 0 Å². The Labute approximate surface area is 95.1 Å². The fourth-order valence-corrected chi connectivity index (χ4v) is 2.01. The van der Waals surface area contributed by atoms with Crippen LogP contribution in [0.4, 0.5) is 5.82 Å². The van der Waals surface area contributed by atoms with E-state index in [1.54, 1.807) is 10.9 Å². The van der Waals surface area contributed by atoms with Crippen molar-refractivity contribution in [3.8, 4) is 0 Å². The Morgan fingerprint density at radius 3 is 2.31 bits per heavy atom. The first-order valence-corrected chi connectivity index (χ1v) is 5.28. The van der Waals surface area contributed by atoms with E-state index in [9.17, 15) is 0 Å². The Bertz CT molecular complexity index is 490. The van der Waals surface area contributed by atoms with Gasteiger partial charge in [0, 0.05) is 0 Å². The highest BCUT2D eigenvalue weighted by atomic mass is 15.4. The molecule has 16 heavy (non-hydrogen) atoms. The molecule has 0 amide bonds. The van der Waals surface area contributed by atoms with Gasteiger partial charge >= 0.3 is 0 Å². The highest BCUT2D eigenvalue weighted by Gasteiger charge is 2.05. The van der Waals surface area contributed by atoms with Gasteiger partial charge in [0.05, 0.1) is 12.7 Å². The van der Waals surface area contributed by atoms with E-state index in [-0.39, 0.29) is 0 Å². The number of rotatable bonds is 2. The molecule has 4 nitrogen and oxygen atoms in total.